The highest BCUT2D eigenvalue weighted by atomic mass is 16.6. The minimum Gasteiger partial charge on any atom is -0.487 e. The number of amides is 1. The van der Waals surface area contributed by atoms with Crippen LogP contribution >= 0.6 is 0 Å². The van der Waals surface area contributed by atoms with Crippen molar-refractivity contribution in [3.8, 4) is 5.75 Å². The molecule has 1 saturated heterocycles. The van der Waals surface area contributed by atoms with Crippen molar-refractivity contribution in [2.45, 2.75) is 69.5 Å². The minimum atomic E-state index is -1.24. The van der Waals surface area contributed by atoms with Gasteiger partial charge in [-0.15, -0.1) is 0 Å². The summed E-state index contributed by atoms with van der Waals surface area (Å²) in [4.78, 5) is 26.8. The van der Waals surface area contributed by atoms with E-state index in [9.17, 15) is 25.2 Å². The molecule has 0 spiro atoms. The van der Waals surface area contributed by atoms with E-state index >= 15 is 0 Å². The van der Waals surface area contributed by atoms with Gasteiger partial charge in [-0.05, 0) is 48.2 Å². The zero-order valence-corrected chi connectivity index (χ0v) is 29.4. The number of rotatable bonds is 20. The van der Waals surface area contributed by atoms with Crippen LogP contribution in [0.1, 0.15) is 54.7 Å². The number of aromatic nitrogens is 4. The molecule has 6 N–H and O–H groups in total. The first-order valence-electron chi connectivity index (χ1n) is 17.9. The Balaban J connectivity index is 1.000. The number of fused-ring (bicyclic) bond motifs is 1. The van der Waals surface area contributed by atoms with Gasteiger partial charge in [-0.25, -0.2) is 15.0 Å². The molecule has 5 atom stereocenters. The highest BCUT2D eigenvalue weighted by Crippen LogP contribution is 2.32. The van der Waals surface area contributed by atoms with E-state index in [1.807, 2.05) is 54.6 Å². The Morgan fingerprint density at radius 3 is 2.42 bits per heavy atom. The molecule has 0 bridgehead atoms. The number of aliphatic hydroxyl groups excluding tert-OH is 4. The van der Waals surface area contributed by atoms with Crippen molar-refractivity contribution >= 4 is 29.1 Å². The fourth-order valence-corrected chi connectivity index (χ4v) is 6.52. The average molecular weight is 726 g/mol. The van der Waals surface area contributed by atoms with Gasteiger partial charge in [0.1, 0.15) is 37.0 Å². The highest BCUT2D eigenvalue weighted by Gasteiger charge is 2.44. The predicted octanol–water partition coefficient (Wildman–Crippen LogP) is 3.79. The second-order valence-corrected chi connectivity index (χ2v) is 13.1. The van der Waals surface area contributed by atoms with Crippen molar-refractivity contribution in [1.82, 2.24) is 24.4 Å². The fourth-order valence-electron chi connectivity index (χ4n) is 6.52. The lowest BCUT2D eigenvalue weighted by atomic mass is 10.1. The first-order chi connectivity index (χ1) is 25.9. The average Bonchev–Trinajstić information content (AvgIpc) is 3.74. The molecule has 14 nitrogen and oxygen atoms in total. The predicted molar refractivity (Wildman–Crippen MR) is 199 cm³/mol. The molecule has 0 radical (unpaired) electrons. The van der Waals surface area contributed by atoms with E-state index in [1.54, 1.807) is 16.7 Å². The SMILES string of the molecule is O=CNc1cc(C(O)CN(CCCCCCNc2ncnc3c2ncn3[C@@H]2O[C@H](CO)[C@@H](O)[C@H]2O)Cc2ccccc2)ccc1OCc1ccccc1. The second kappa shape index (κ2) is 18.7. The summed E-state index contributed by atoms with van der Waals surface area (Å²) in [7, 11) is 0. The summed E-state index contributed by atoms with van der Waals surface area (Å²) < 4.78 is 13.2. The molecule has 1 unspecified atom stereocenters. The third-order valence-corrected chi connectivity index (χ3v) is 9.36. The molecule has 280 valence electrons. The van der Waals surface area contributed by atoms with Crippen LogP contribution in [0, 0.1) is 0 Å². The Labute approximate surface area is 308 Å². The maximum Gasteiger partial charge on any atom is 0.211 e. The number of carbonyl (C=O) groups is 1. The Hall–Kier alpha value is -4.96. The number of nitrogens with one attached hydrogen (secondary N) is 2. The van der Waals surface area contributed by atoms with Crippen LogP contribution in [0.2, 0.25) is 0 Å². The number of nitrogens with zero attached hydrogens (tertiary/aromatic N) is 5. The van der Waals surface area contributed by atoms with Gasteiger partial charge >= 0.3 is 0 Å². The van der Waals surface area contributed by atoms with Crippen LogP contribution in [0.15, 0.2) is 91.5 Å². The molecule has 14 heteroatoms. The van der Waals surface area contributed by atoms with Crippen molar-refractivity contribution in [2.24, 2.45) is 0 Å². The first-order valence-corrected chi connectivity index (χ1v) is 17.9. The molecule has 5 aromatic rings. The van der Waals surface area contributed by atoms with E-state index in [0.29, 0.717) is 66.6 Å². The molecule has 2 aromatic heterocycles. The van der Waals surface area contributed by atoms with Gasteiger partial charge in [-0.3, -0.25) is 14.3 Å². The van der Waals surface area contributed by atoms with Crippen LogP contribution in [0.5, 0.6) is 5.75 Å². The molecular formula is C39H47N7O7. The molecule has 1 aliphatic heterocycles. The maximum atomic E-state index is 11.4. The van der Waals surface area contributed by atoms with Crippen LogP contribution in [0.4, 0.5) is 11.5 Å². The largest absolute Gasteiger partial charge is 0.487 e. The number of benzene rings is 3. The Morgan fingerprint density at radius 1 is 0.925 bits per heavy atom. The van der Waals surface area contributed by atoms with Gasteiger partial charge in [-0.1, -0.05) is 79.6 Å². The van der Waals surface area contributed by atoms with Crippen LogP contribution < -0.4 is 15.4 Å². The van der Waals surface area contributed by atoms with E-state index in [1.165, 1.54) is 12.7 Å². The zero-order chi connectivity index (χ0) is 37.0. The van der Waals surface area contributed by atoms with E-state index in [4.69, 9.17) is 9.47 Å². The summed E-state index contributed by atoms with van der Waals surface area (Å²) in [6.07, 6.45) is 2.24. The third-order valence-electron chi connectivity index (χ3n) is 9.36. The molecule has 0 saturated carbocycles. The smallest absolute Gasteiger partial charge is 0.211 e. The number of aliphatic hydroxyl groups is 4. The van der Waals surface area contributed by atoms with Gasteiger partial charge in [0.2, 0.25) is 6.41 Å². The molecule has 0 aliphatic carbocycles. The van der Waals surface area contributed by atoms with Crippen LogP contribution in [-0.4, -0.2) is 95.8 Å². The molecule has 1 fully saturated rings. The molecule has 3 aromatic carbocycles. The topological polar surface area (TPSA) is 187 Å². The minimum absolute atomic E-state index is 0.356. The summed E-state index contributed by atoms with van der Waals surface area (Å²) in [6, 6.07) is 25.4. The molecule has 6 rings (SSSR count). The summed E-state index contributed by atoms with van der Waals surface area (Å²) in [5.41, 5.74) is 4.33. The third kappa shape index (κ3) is 9.73. The zero-order valence-electron chi connectivity index (χ0n) is 29.4. The van der Waals surface area contributed by atoms with Gasteiger partial charge in [0.05, 0.1) is 24.7 Å². The number of hydrogen-bond acceptors (Lipinski definition) is 12. The lowest BCUT2D eigenvalue weighted by Crippen LogP contribution is -2.33. The lowest BCUT2D eigenvalue weighted by molar-refractivity contribution is -0.105. The van der Waals surface area contributed by atoms with Gasteiger partial charge in [0.25, 0.3) is 0 Å². The van der Waals surface area contributed by atoms with E-state index < -0.39 is 37.3 Å². The number of hydrogen-bond donors (Lipinski definition) is 6. The Bertz CT molecular complexity index is 1880. The summed E-state index contributed by atoms with van der Waals surface area (Å²) in [5.74, 6) is 1.09. The number of imidazole rings is 1. The van der Waals surface area contributed by atoms with Crippen molar-refractivity contribution in [1.29, 1.82) is 0 Å². The Kier molecular flexibility index (Phi) is 13.3. The lowest BCUT2D eigenvalue weighted by Gasteiger charge is -2.26. The van der Waals surface area contributed by atoms with Crippen LogP contribution in [0.25, 0.3) is 11.2 Å². The number of unbranched alkanes of at least 4 members (excludes halogenated alkanes) is 3. The normalized spacial score (nSPS) is 19.0. The second-order valence-electron chi connectivity index (χ2n) is 13.1. The number of carbonyl (C=O) groups excluding carboxylic acids is 1. The van der Waals surface area contributed by atoms with Gasteiger partial charge in [0, 0.05) is 19.6 Å². The van der Waals surface area contributed by atoms with E-state index in [2.05, 4.69) is 42.6 Å². The van der Waals surface area contributed by atoms with Crippen LogP contribution in [0.3, 0.4) is 0 Å². The maximum absolute atomic E-state index is 11.4. The fraction of sp³-hybridized carbons (Fsp3) is 0.385. The van der Waals surface area contributed by atoms with Crippen molar-refractivity contribution < 1.29 is 34.7 Å². The summed E-state index contributed by atoms with van der Waals surface area (Å²) >= 11 is 0. The highest BCUT2D eigenvalue weighted by molar-refractivity contribution is 5.82. The van der Waals surface area contributed by atoms with E-state index in [0.717, 1.165) is 43.4 Å². The first kappa shape index (κ1) is 37.8. The standard InChI is InChI=1S/C39H47N7O7/c47-22-33-35(50)36(51)39(53-33)46-25-43-34-37(41-24-42-38(34)46)40-17-9-1-2-10-18-45(20-27-11-5-3-6-12-27)21-31(49)29-15-16-32(30(19-29)44-26-48)52-23-28-13-7-4-8-14-28/h3-8,11-16,19,24-26,31,33,35-36,39,47,49-51H,1-2,9-10,17-18,20-23H2,(H,44,48)(H,40,41,42)/t31?,33-,35-,36-,39-/m1/s1. The van der Waals surface area contributed by atoms with Gasteiger partial charge in [-0.2, -0.15) is 0 Å². The van der Waals surface area contributed by atoms with E-state index in [-0.39, 0.29) is 0 Å². The van der Waals surface area contributed by atoms with Crippen LogP contribution in [-0.2, 0) is 22.7 Å². The molecule has 53 heavy (non-hydrogen) atoms. The molecule has 1 amide bonds. The summed E-state index contributed by atoms with van der Waals surface area (Å²) in [6.45, 7) is 2.51. The quantitative estimate of drug-likeness (QED) is 0.0504. The van der Waals surface area contributed by atoms with Crippen molar-refractivity contribution in [3.63, 3.8) is 0 Å². The Morgan fingerprint density at radius 2 is 1.68 bits per heavy atom. The van der Waals surface area contributed by atoms with Gasteiger partial charge in [0.15, 0.2) is 23.2 Å². The monoisotopic (exact) mass is 725 g/mol. The summed E-state index contributed by atoms with van der Waals surface area (Å²) in [5, 5.41) is 47.5. The van der Waals surface area contributed by atoms with Crippen molar-refractivity contribution in [3.05, 3.63) is 108 Å². The molecule has 3 heterocycles. The molecular weight excluding hydrogens is 678 g/mol. The van der Waals surface area contributed by atoms with Crippen molar-refractivity contribution in [2.75, 3.05) is 36.9 Å². The van der Waals surface area contributed by atoms with Gasteiger partial charge < -0.3 is 40.5 Å². The molecule has 1 aliphatic rings. The number of anilines is 2. The number of ether oxygens (including phenoxy) is 2.